The molecule has 0 bridgehead atoms. The highest BCUT2D eigenvalue weighted by molar-refractivity contribution is 5.79. The van der Waals surface area contributed by atoms with Gasteiger partial charge in [-0.3, -0.25) is 9.59 Å². The molecule has 17 heavy (non-hydrogen) atoms. The molecule has 0 aromatic carbocycles. The normalized spacial score (nSPS) is 28.4. The Bertz CT molecular complexity index is 338. The maximum Gasteiger partial charge on any atom is 0.303 e. The van der Waals surface area contributed by atoms with E-state index in [1.54, 1.807) is 0 Å². The average Bonchev–Trinajstić information content (AvgIpc) is 2.77. The van der Waals surface area contributed by atoms with Crippen LogP contribution in [0, 0.1) is 11.8 Å². The van der Waals surface area contributed by atoms with Gasteiger partial charge in [-0.15, -0.1) is 0 Å². The molecule has 0 saturated carbocycles. The Labute approximate surface area is 101 Å². The highest BCUT2D eigenvalue weighted by atomic mass is 16.4. The van der Waals surface area contributed by atoms with Gasteiger partial charge in [-0.1, -0.05) is 12.2 Å². The molecule has 4 nitrogen and oxygen atoms in total. The van der Waals surface area contributed by atoms with E-state index < -0.39 is 5.97 Å². The first-order valence-electron chi connectivity index (χ1n) is 6.32. The maximum atomic E-state index is 12.2. The van der Waals surface area contributed by atoms with Crippen molar-refractivity contribution in [3.8, 4) is 0 Å². The molecule has 2 atom stereocenters. The molecule has 2 rings (SSSR count). The van der Waals surface area contributed by atoms with Gasteiger partial charge in [0.1, 0.15) is 0 Å². The second-order valence-corrected chi connectivity index (χ2v) is 5.02. The van der Waals surface area contributed by atoms with E-state index in [-0.39, 0.29) is 24.2 Å². The summed E-state index contributed by atoms with van der Waals surface area (Å²) in [6.07, 6.45) is 8.00. The van der Waals surface area contributed by atoms with E-state index >= 15 is 0 Å². The van der Waals surface area contributed by atoms with E-state index in [9.17, 15) is 9.59 Å². The van der Waals surface area contributed by atoms with E-state index in [4.69, 9.17) is 5.11 Å². The fraction of sp³-hybridized carbons (Fsp3) is 0.692. The third-order valence-corrected chi connectivity index (χ3v) is 3.68. The summed E-state index contributed by atoms with van der Waals surface area (Å²) in [6.45, 7) is 1.36. The lowest BCUT2D eigenvalue weighted by atomic mass is 9.93. The van der Waals surface area contributed by atoms with Crippen LogP contribution in [0.5, 0.6) is 0 Å². The molecule has 2 unspecified atom stereocenters. The van der Waals surface area contributed by atoms with Crippen molar-refractivity contribution >= 4 is 11.9 Å². The maximum absolute atomic E-state index is 12.2. The Morgan fingerprint density at radius 2 is 2.12 bits per heavy atom. The predicted molar refractivity (Wildman–Crippen MR) is 63.4 cm³/mol. The fourth-order valence-electron chi connectivity index (χ4n) is 2.72. The SMILES string of the molecule is O=C(O)CC1CCN(C(=O)C2CC=CCC2)C1. The Balaban J connectivity index is 1.85. The fourth-order valence-corrected chi connectivity index (χ4v) is 2.72. The number of likely N-dealkylation sites (tertiary alicyclic amines) is 1. The van der Waals surface area contributed by atoms with E-state index in [0.717, 1.165) is 32.2 Å². The Hall–Kier alpha value is -1.32. The summed E-state index contributed by atoms with van der Waals surface area (Å²) in [7, 11) is 0. The minimum absolute atomic E-state index is 0.128. The lowest BCUT2D eigenvalue weighted by molar-refractivity contribution is -0.139. The van der Waals surface area contributed by atoms with Gasteiger partial charge < -0.3 is 10.0 Å². The van der Waals surface area contributed by atoms with Crippen LogP contribution in [-0.2, 0) is 9.59 Å². The second-order valence-electron chi connectivity index (χ2n) is 5.02. The van der Waals surface area contributed by atoms with Crippen molar-refractivity contribution in [2.75, 3.05) is 13.1 Å². The van der Waals surface area contributed by atoms with Crippen LogP contribution in [-0.4, -0.2) is 35.0 Å². The predicted octanol–water partition coefficient (Wildman–Crippen LogP) is 1.67. The van der Waals surface area contributed by atoms with Crippen molar-refractivity contribution in [3.63, 3.8) is 0 Å². The Morgan fingerprint density at radius 1 is 1.29 bits per heavy atom. The molecule has 1 aliphatic heterocycles. The van der Waals surface area contributed by atoms with E-state index in [0.29, 0.717) is 6.54 Å². The molecule has 4 heteroatoms. The monoisotopic (exact) mass is 237 g/mol. The van der Waals surface area contributed by atoms with Gasteiger partial charge in [0, 0.05) is 25.4 Å². The van der Waals surface area contributed by atoms with E-state index in [1.165, 1.54) is 0 Å². The zero-order valence-electron chi connectivity index (χ0n) is 9.97. The van der Waals surface area contributed by atoms with Gasteiger partial charge in [0.25, 0.3) is 0 Å². The first-order chi connectivity index (χ1) is 8.16. The molecule has 94 valence electrons. The van der Waals surface area contributed by atoms with Gasteiger partial charge in [-0.25, -0.2) is 0 Å². The molecule has 1 heterocycles. The topological polar surface area (TPSA) is 57.6 Å². The second kappa shape index (κ2) is 5.34. The molecule has 0 aromatic rings. The first-order valence-corrected chi connectivity index (χ1v) is 6.32. The number of rotatable bonds is 3. The highest BCUT2D eigenvalue weighted by Gasteiger charge is 2.31. The molecule has 2 aliphatic rings. The summed E-state index contributed by atoms with van der Waals surface area (Å²) in [5, 5.41) is 8.73. The minimum Gasteiger partial charge on any atom is -0.481 e. The van der Waals surface area contributed by atoms with E-state index in [1.807, 2.05) is 4.90 Å². The van der Waals surface area contributed by atoms with Crippen molar-refractivity contribution < 1.29 is 14.7 Å². The van der Waals surface area contributed by atoms with Crippen LogP contribution in [0.25, 0.3) is 0 Å². The third kappa shape index (κ3) is 3.08. The van der Waals surface area contributed by atoms with Gasteiger partial charge >= 0.3 is 5.97 Å². The smallest absolute Gasteiger partial charge is 0.303 e. The quantitative estimate of drug-likeness (QED) is 0.759. The van der Waals surface area contributed by atoms with Gasteiger partial charge in [0.15, 0.2) is 0 Å². The Kier molecular flexibility index (Phi) is 3.82. The van der Waals surface area contributed by atoms with Crippen molar-refractivity contribution in [3.05, 3.63) is 12.2 Å². The molecule has 1 N–H and O–H groups in total. The summed E-state index contributed by atoms with van der Waals surface area (Å²) in [6, 6.07) is 0. The Morgan fingerprint density at radius 3 is 2.76 bits per heavy atom. The molecular formula is C13H19NO3. The lowest BCUT2D eigenvalue weighted by Crippen LogP contribution is -2.35. The van der Waals surface area contributed by atoms with Gasteiger partial charge in [-0.05, 0) is 31.6 Å². The number of carbonyl (C=O) groups excluding carboxylic acids is 1. The van der Waals surface area contributed by atoms with Gasteiger partial charge in [-0.2, -0.15) is 0 Å². The van der Waals surface area contributed by atoms with Crippen LogP contribution in [0.3, 0.4) is 0 Å². The summed E-state index contributed by atoms with van der Waals surface area (Å²) in [4.78, 5) is 24.7. The molecule has 0 spiro atoms. The third-order valence-electron chi connectivity index (χ3n) is 3.68. The van der Waals surface area contributed by atoms with E-state index in [2.05, 4.69) is 12.2 Å². The molecular weight excluding hydrogens is 218 g/mol. The molecule has 1 fully saturated rings. The van der Waals surface area contributed by atoms with Crippen LogP contribution >= 0.6 is 0 Å². The zero-order valence-corrected chi connectivity index (χ0v) is 9.97. The number of carboxylic acid groups (broad SMARTS) is 1. The standard InChI is InChI=1S/C13H19NO3/c15-12(16)8-10-6-7-14(9-10)13(17)11-4-2-1-3-5-11/h1-2,10-11H,3-9H2,(H,15,16). The largest absolute Gasteiger partial charge is 0.481 e. The number of aliphatic carboxylic acids is 1. The number of hydrogen-bond donors (Lipinski definition) is 1. The molecule has 1 amide bonds. The van der Waals surface area contributed by atoms with Gasteiger partial charge in [0.05, 0.1) is 0 Å². The summed E-state index contributed by atoms with van der Waals surface area (Å²) in [5.74, 6) is -0.258. The lowest BCUT2D eigenvalue weighted by Gasteiger charge is -2.24. The van der Waals surface area contributed by atoms with Crippen LogP contribution in [0.4, 0.5) is 0 Å². The summed E-state index contributed by atoms with van der Waals surface area (Å²) < 4.78 is 0. The first kappa shape index (κ1) is 12.1. The average molecular weight is 237 g/mol. The summed E-state index contributed by atoms with van der Waals surface area (Å²) in [5.41, 5.74) is 0. The molecule has 0 aromatic heterocycles. The van der Waals surface area contributed by atoms with Crippen molar-refractivity contribution in [2.24, 2.45) is 11.8 Å². The van der Waals surface area contributed by atoms with Crippen molar-refractivity contribution in [1.82, 2.24) is 4.90 Å². The zero-order chi connectivity index (χ0) is 12.3. The number of carboxylic acids is 1. The van der Waals surface area contributed by atoms with Crippen LogP contribution < -0.4 is 0 Å². The number of carbonyl (C=O) groups is 2. The van der Waals surface area contributed by atoms with Crippen LogP contribution in [0.15, 0.2) is 12.2 Å². The van der Waals surface area contributed by atoms with Crippen molar-refractivity contribution in [2.45, 2.75) is 32.1 Å². The van der Waals surface area contributed by atoms with Crippen molar-refractivity contribution in [1.29, 1.82) is 0 Å². The van der Waals surface area contributed by atoms with Gasteiger partial charge in [0.2, 0.25) is 5.91 Å². The van der Waals surface area contributed by atoms with Crippen LogP contribution in [0.1, 0.15) is 32.1 Å². The molecule has 1 aliphatic carbocycles. The number of allylic oxidation sites excluding steroid dienone is 2. The number of nitrogens with zero attached hydrogens (tertiary/aromatic N) is 1. The van der Waals surface area contributed by atoms with Crippen LogP contribution in [0.2, 0.25) is 0 Å². The highest BCUT2D eigenvalue weighted by Crippen LogP contribution is 2.25. The molecule has 1 saturated heterocycles. The minimum atomic E-state index is -0.759. The summed E-state index contributed by atoms with van der Waals surface area (Å²) >= 11 is 0. The molecule has 0 radical (unpaired) electrons. The number of amides is 1. The number of hydrogen-bond acceptors (Lipinski definition) is 2.